The highest BCUT2D eigenvalue weighted by Crippen LogP contribution is 2.16. The zero-order valence-electron chi connectivity index (χ0n) is 15.1. The van der Waals surface area contributed by atoms with Gasteiger partial charge in [0.2, 0.25) is 0 Å². The number of hydrogen-bond donors (Lipinski definition) is 2. The SMILES string of the molecule is Cc1ccccc1C(C)NC(=O)NCCc1cnn(-c2ccccc2)c1. The summed E-state index contributed by atoms with van der Waals surface area (Å²) in [7, 11) is 0. The number of nitrogens with zero attached hydrogens (tertiary/aromatic N) is 2. The van der Waals surface area contributed by atoms with Crippen molar-refractivity contribution in [1.82, 2.24) is 20.4 Å². The molecule has 0 saturated carbocycles. The monoisotopic (exact) mass is 348 g/mol. The average Bonchev–Trinajstić information content (AvgIpc) is 3.11. The number of amides is 2. The highest BCUT2D eigenvalue weighted by molar-refractivity contribution is 5.74. The number of nitrogens with one attached hydrogen (secondary N) is 2. The molecule has 26 heavy (non-hydrogen) atoms. The number of rotatable bonds is 6. The lowest BCUT2D eigenvalue weighted by Gasteiger charge is -2.17. The molecule has 0 saturated heterocycles. The molecule has 5 heteroatoms. The number of urea groups is 1. The predicted octanol–water partition coefficient (Wildman–Crippen LogP) is 3.78. The van der Waals surface area contributed by atoms with E-state index in [1.807, 2.05) is 72.5 Å². The Morgan fingerprint density at radius 3 is 2.62 bits per heavy atom. The Morgan fingerprint density at radius 1 is 1.12 bits per heavy atom. The zero-order valence-corrected chi connectivity index (χ0v) is 15.1. The molecule has 0 bridgehead atoms. The van der Waals surface area contributed by atoms with Crippen LogP contribution in [0, 0.1) is 6.92 Å². The second-order valence-corrected chi connectivity index (χ2v) is 6.36. The molecule has 0 aliphatic rings. The zero-order chi connectivity index (χ0) is 18.4. The Hall–Kier alpha value is -3.08. The van der Waals surface area contributed by atoms with Gasteiger partial charge >= 0.3 is 6.03 Å². The quantitative estimate of drug-likeness (QED) is 0.712. The van der Waals surface area contributed by atoms with Crippen molar-refractivity contribution in [2.24, 2.45) is 0 Å². The molecule has 0 spiro atoms. The van der Waals surface area contributed by atoms with E-state index < -0.39 is 0 Å². The average molecular weight is 348 g/mol. The van der Waals surface area contributed by atoms with Crippen LogP contribution in [-0.4, -0.2) is 22.4 Å². The number of carbonyl (C=O) groups is 1. The number of para-hydroxylation sites is 1. The van der Waals surface area contributed by atoms with Crippen molar-refractivity contribution in [2.75, 3.05) is 6.54 Å². The fourth-order valence-corrected chi connectivity index (χ4v) is 2.93. The van der Waals surface area contributed by atoms with E-state index in [1.165, 1.54) is 5.56 Å². The van der Waals surface area contributed by atoms with Crippen molar-refractivity contribution in [3.63, 3.8) is 0 Å². The topological polar surface area (TPSA) is 59.0 Å². The van der Waals surface area contributed by atoms with Crippen LogP contribution in [-0.2, 0) is 6.42 Å². The largest absolute Gasteiger partial charge is 0.338 e. The number of benzene rings is 2. The van der Waals surface area contributed by atoms with Crippen LogP contribution >= 0.6 is 0 Å². The molecule has 1 aromatic heterocycles. The smallest absolute Gasteiger partial charge is 0.315 e. The van der Waals surface area contributed by atoms with Crippen LogP contribution in [0.1, 0.15) is 29.7 Å². The molecule has 1 unspecified atom stereocenters. The van der Waals surface area contributed by atoms with Crippen LogP contribution in [0.4, 0.5) is 4.79 Å². The molecule has 134 valence electrons. The van der Waals surface area contributed by atoms with E-state index in [0.717, 1.165) is 23.2 Å². The first-order valence-corrected chi connectivity index (χ1v) is 8.82. The molecule has 1 atom stereocenters. The molecule has 0 aliphatic heterocycles. The highest BCUT2D eigenvalue weighted by atomic mass is 16.2. The lowest BCUT2D eigenvalue weighted by Crippen LogP contribution is -2.38. The molecule has 2 aromatic carbocycles. The minimum atomic E-state index is -0.156. The molecular weight excluding hydrogens is 324 g/mol. The van der Waals surface area contributed by atoms with Crippen LogP contribution in [0.15, 0.2) is 67.0 Å². The third-order valence-corrected chi connectivity index (χ3v) is 4.36. The molecule has 3 aromatic rings. The third kappa shape index (κ3) is 4.51. The molecule has 3 rings (SSSR count). The summed E-state index contributed by atoms with van der Waals surface area (Å²) >= 11 is 0. The van der Waals surface area contributed by atoms with Gasteiger partial charge in [-0.05, 0) is 49.1 Å². The second-order valence-electron chi connectivity index (χ2n) is 6.36. The van der Waals surface area contributed by atoms with Crippen molar-refractivity contribution < 1.29 is 4.79 Å². The maximum atomic E-state index is 12.1. The summed E-state index contributed by atoms with van der Waals surface area (Å²) in [5.41, 5.74) is 4.41. The van der Waals surface area contributed by atoms with Gasteiger partial charge in [0.25, 0.3) is 0 Å². The van der Waals surface area contributed by atoms with Gasteiger partial charge in [-0.1, -0.05) is 42.5 Å². The Balaban J connectivity index is 1.47. The van der Waals surface area contributed by atoms with Gasteiger partial charge in [-0.15, -0.1) is 0 Å². The molecule has 5 nitrogen and oxygen atoms in total. The first-order valence-electron chi connectivity index (χ1n) is 8.82. The summed E-state index contributed by atoms with van der Waals surface area (Å²) in [6.45, 7) is 4.61. The van der Waals surface area contributed by atoms with Crippen LogP contribution in [0.5, 0.6) is 0 Å². The number of carbonyl (C=O) groups excluding carboxylic acids is 1. The van der Waals surface area contributed by atoms with Gasteiger partial charge < -0.3 is 10.6 Å². The fourth-order valence-electron chi connectivity index (χ4n) is 2.93. The molecule has 0 fully saturated rings. The second kappa shape index (κ2) is 8.34. The number of hydrogen-bond acceptors (Lipinski definition) is 2. The van der Waals surface area contributed by atoms with Crippen molar-refractivity contribution >= 4 is 6.03 Å². The van der Waals surface area contributed by atoms with E-state index in [-0.39, 0.29) is 12.1 Å². The first kappa shape index (κ1) is 17.7. The van der Waals surface area contributed by atoms with Crippen LogP contribution in [0.25, 0.3) is 5.69 Å². The Morgan fingerprint density at radius 2 is 1.85 bits per heavy atom. The Bertz CT molecular complexity index is 857. The molecular formula is C21H24N4O. The lowest BCUT2D eigenvalue weighted by molar-refractivity contribution is 0.238. The van der Waals surface area contributed by atoms with Gasteiger partial charge in [0, 0.05) is 12.7 Å². The summed E-state index contributed by atoms with van der Waals surface area (Å²) in [6.07, 6.45) is 4.56. The first-order chi connectivity index (χ1) is 12.6. The van der Waals surface area contributed by atoms with Crippen LogP contribution in [0.3, 0.4) is 0 Å². The summed E-state index contributed by atoms with van der Waals surface area (Å²) < 4.78 is 1.84. The van der Waals surface area contributed by atoms with Gasteiger partial charge in [0.05, 0.1) is 17.9 Å². The summed E-state index contributed by atoms with van der Waals surface area (Å²) in [6, 6.07) is 17.9. The molecule has 2 amide bonds. The minimum absolute atomic E-state index is 0.0305. The number of aromatic nitrogens is 2. The van der Waals surface area contributed by atoms with E-state index in [2.05, 4.69) is 28.7 Å². The highest BCUT2D eigenvalue weighted by Gasteiger charge is 2.11. The maximum absolute atomic E-state index is 12.1. The standard InChI is InChI=1S/C21H24N4O/c1-16-8-6-7-11-20(16)17(2)24-21(26)22-13-12-18-14-23-25(15-18)19-9-4-3-5-10-19/h3-11,14-15,17H,12-13H2,1-2H3,(H2,22,24,26). The van der Waals surface area contributed by atoms with E-state index in [4.69, 9.17) is 0 Å². The summed E-state index contributed by atoms with van der Waals surface area (Å²) in [4.78, 5) is 12.1. The van der Waals surface area contributed by atoms with E-state index >= 15 is 0 Å². The van der Waals surface area contributed by atoms with Crippen LogP contribution < -0.4 is 10.6 Å². The van der Waals surface area contributed by atoms with Gasteiger partial charge in [0.15, 0.2) is 0 Å². The molecule has 0 radical (unpaired) electrons. The normalized spacial score (nSPS) is 11.8. The summed E-state index contributed by atoms with van der Waals surface area (Å²) in [5, 5.41) is 10.3. The predicted molar refractivity (Wildman–Crippen MR) is 103 cm³/mol. The molecule has 0 aliphatic carbocycles. The van der Waals surface area contributed by atoms with E-state index in [0.29, 0.717) is 6.54 Å². The van der Waals surface area contributed by atoms with Gasteiger partial charge in [-0.3, -0.25) is 0 Å². The van der Waals surface area contributed by atoms with Crippen molar-refractivity contribution in [3.8, 4) is 5.69 Å². The van der Waals surface area contributed by atoms with Crippen LogP contribution in [0.2, 0.25) is 0 Å². The fraction of sp³-hybridized carbons (Fsp3) is 0.238. The van der Waals surface area contributed by atoms with E-state index in [9.17, 15) is 4.79 Å². The van der Waals surface area contributed by atoms with Crippen molar-refractivity contribution in [3.05, 3.63) is 83.7 Å². The van der Waals surface area contributed by atoms with Crippen molar-refractivity contribution in [1.29, 1.82) is 0 Å². The van der Waals surface area contributed by atoms with E-state index in [1.54, 1.807) is 0 Å². The Labute approximate surface area is 154 Å². The van der Waals surface area contributed by atoms with Gasteiger partial charge in [0.1, 0.15) is 0 Å². The van der Waals surface area contributed by atoms with Gasteiger partial charge in [-0.2, -0.15) is 5.10 Å². The van der Waals surface area contributed by atoms with Crippen molar-refractivity contribution in [2.45, 2.75) is 26.3 Å². The third-order valence-electron chi connectivity index (χ3n) is 4.36. The molecule has 2 N–H and O–H groups in total. The number of aryl methyl sites for hydroxylation is 1. The summed E-state index contributed by atoms with van der Waals surface area (Å²) in [5.74, 6) is 0. The van der Waals surface area contributed by atoms with Gasteiger partial charge in [-0.25, -0.2) is 9.48 Å². The maximum Gasteiger partial charge on any atom is 0.315 e. The lowest BCUT2D eigenvalue weighted by atomic mass is 10.0. The minimum Gasteiger partial charge on any atom is -0.338 e. The Kier molecular flexibility index (Phi) is 5.69. The molecule has 1 heterocycles.